The Balaban J connectivity index is 1.99. The molecule has 0 aliphatic carbocycles. The summed E-state index contributed by atoms with van der Waals surface area (Å²) in [7, 11) is 0. The Bertz CT molecular complexity index is 612. The first kappa shape index (κ1) is 14.4. The molecule has 6 nitrogen and oxygen atoms in total. The van der Waals surface area contributed by atoms with E-state index in [1.54, 1.807) is 18.3 Å². The predicted octanol–water partition coefficient (Wildman–Crippen LogP) is 2.48. The van der Waals surface area contributed by atoms with Crippen LogP contribution in [0.1, 0.15) is 5.56 Å². The maximum atomic E-state index is 11.8. The van der Waals surface area contributed by atoms with Crippen molar-refractivity contribution in [1.82, 2.24) is 9.78 Å². The van der Waals surface area contributed by atoms with Gasteiger partial charge >= 0.3 is 6.03 Å². The van der Waals surface area contributed by atoms with Crippen molar-refractivity contribution >= 4 is 29.0 Å². The van der Waals surface area contributed by atoms with Crippen LogP contribution in [0.25, 0.3) is 0 Å². The number of carbonyl (C=O) groups excluding carboxylic acids is 1. The first-order chi connectivity index (χ1) is 9.58. The zero-order valence-electron chi connectivity index (χ0n) is 10.9. The van der Waals surface area contributed by atoms with Crippen LogP contribution in [0.4, 0.5) is 16.2 Å². The van der Waals surface area contributed by atoms with Crippen LogP contribution in [-0.4, -0.2) is 27.5 Å². The fourth-order valence-corrected chi connectivity index (χ4v) is 1.84. The van der Waals surface area contributed by atoms with Gasteiger partial charge in [0.25, 0.3) is 0 Å². The minimum atomic E-state index is -0.402. The van der Waals surface area contributed by atoms with E-state index in [0.29, 0.717) is 22.9 Å². The number of nitrogens with one attached hydrogen (secondary N) is 2. The van der Waals surface area contributed by atoms with E-state index < -0.39 is 6.03 Å². The summed E-state index contributed by atoms with van der Waals surface area (Å²) >= 11 is 6.00. The molecule has 0 saturated heterocycles. The summed E-state index contributed by atoms with van der Waals surface area (Å²) in [6.45, 7) is 2.29. The van der Waals surface area contributed by atoms with Crippen LogP contribution in [0.15, 0.2) is 30.6 Å². The van der Waals surface area contributed by atoms with Crippen molar-refractivity contribution in [2.45, 2.75) is 13.5 Å². The van der Waals surface area contributed by atoms with E-state index in [0.717, 1.165) is 5.56 Å². The molecule has 0 atom stereocenters. The highest BCUT2D eigenvalue weighted by Crippen LogP contribution is 2.22. The number of aliphatic hydroxyl groups is 1. The number of aromatic nitrogens is 2. The Labute approximate surface area is 121 Å². The van der Waals surface area contributed by atoms with Gasteiger partial charge in [0, 0.05) is 6.20 Å². The average molecular weight is 295 g/mol. The number of halogens is 1. The van der Waals surface area contributed by atoms with Crippen LogP contribution in [0.2, 0.25) is 5.02 Å². The molecule has 0 saturated carbocycles. The predicted molar refractivity (Wildman–Crippen MR) is 78.1 cm³/mol. The first-order valence-electron chi connectivity index (χ1n) is 6.06. The summed E-state index contributed by atoms with van der Waals surface area (Å²) in [6.07, 6.45) is 3.14. The normalized spacial score (nSPS) is 10.3. The quantitative estimate of drug-likeness (QED) is 0.810. The maximum absolute atomic E-state index is 11.8. The van der Waals surface area contributed by atoms with Crippen molar-refractivity contribution in [3.8, 4) is 0 Å². The second kappa shape index (κ2) is 6.40. The fourth-order valence-electron chi connectivity index (χ4n) is 1.67. The van der Waals surface area contributed by atoms with Gasteiger partial charge in [-0.2, -0.15) is 5.10 Å². The number of aryl methyl sites for hydroxylation is 1. The minimum absolute atomic E-state index is 0.00772. The van der Waals surface area contributed by atoms with Crippen LogP contribution < -0.4 is 10.6 Å². The molecular formula is C13H15ClN4O2. The highest BCUT2D eigenvalue weighted by atomic mass is 35.5. The Morgan fingerprint density at radius 1 is 1.45 bits per heavy atom. The smallest absolute Gasteiger partial charge is 0.323 e. The van der Waals surface area contributed by atoms with Crippen molar-refractivity contribution in [3.63, 3.8) is 0 Å². The van der Waals surface area contributed by atoms with Crippen LogP contribution in [-0.2, 0) is 6.54 Å². The summed E-state index contributed by atoms with van der Waals surface area (Å²) in [5.74, 6) is 0. The number of hydrogen-bond donors (Lipinski definition) is 3. The summed E-state index contributed by atoms with van der Waals surface area (Å²) in [6, 6.07) is 4.98. The minimum Gasteiger partial charge on any atom is -0.394 e. The molecule has 2 rings (SSSR count). The molecule has 3 N–H and O–H groups in total. The van der Waals surface area contributed by atoms with Crippen LogP contribution in [0.5, 0.6) is 0 Å². The molecule has 0 spiro atoms. The van der Waals surface area contributed by atoms with Gasteiger partial charge in [-0.1, -0.05) is 17.7 Å². The molecule has 1 aromatic heterocycles. The van der Waals surface area contributed by atoms with E-state index in [1.807, 2.05) is 13.0 Å². The van der Waals surface area contributed by atoms with Gasteiger partial charge < -0.3 is 15.7 Å². The molecular weight excluding hydrogens is 280 g/mol. The summed E-state index contributed by atoms with van der Waals surface area (Å²) in [5, 5.41) is 18.6. The highest BCUT2D eigenvalue weighted by molar-refractivity contribution is 6.33. The van der Waals surface area contributed by atoms with Crippen LogP contribution in [0, 0.1) is 6.92 Å². The topological polar surface area (TPSA) is 79.2 Å². The maximum Gasteiger partial charge on any atom is 0.323 e. The number of aliphatic hydroxyl groups excluding tert-OH is 1. The molecule has 0 fully saturated rings. The molecule has 0 bridgehead atoms. The van der Waals surface area contributed by atoms with E-state index in [4.69, 9.17) is 16.7 Å². The van der Waals surface area contributed by atoms with Crippen LogP contribution >= 0.6 is 11.6 Å². The lowest BCUT2D eigenvalue weighted by atomic mass is 10.2. The highest BCUT2D eigenvalue weighted by Gasteiger charge is 2.07. The second-order valence-corrected chi connectivity index (χ2v) is 4.69. The van der Waals surface area contributed by atoms with Crippen molar-refractivity contribution < 1.29 is 9.90 Å². The van der Waals surface area contributed by atoms with Crippen molar-refractivity contribution in [1.29, 1.82) is 0 Å². The van der Waals surface area contributed by atoms with Gasteiger partial charge in [-0.15, -0.1) is 0 Å². The number of rotatable bonds is 4. The van der Waals surface area contributed by atoms with E-state index >= 15 is 0 Å². The number of benzene rings is 1. The molecule has 0 aliphatic heterocycles. The van der Waals surface area contributed by atoms with E-state index in [-0.39, 0.29) is 6.61 Å². The van der Waals surface area contributed by atoms with E-state index in [2.05, 4.69) is 15.7 Å². The molecule has 20 heavy (non-hydrogen) atoms. The Kier molecular flexibility index (Phi) is 4.60. The number of nitrogens with zero attached hydrogens (tertiary/aromatic N) is 2. The molecule has 7 heteroatoms. The Morgan fingerprint density at radius 2 is 2.25 bits per heavy atom. The monoisotopic (exact) mass is 294 g/mol. The van der Waals surface area contributed by atoms with Gasteiger partial charge in [0.05, 0.1) is 35.7 Å². The zero-order valence-corrected chi connectivity index (χ0v) is 11.7. The SMILES string of the molecule is Cc1ccc(Cl)c(NC(=O)Nc2cnn(CCO)c2)c1. The summed E-state index contributed by atoms with van der Waals surface area (Å²) in [5.41, 5.74) is 2.09. The number of urea groups is 1. The lowest BCUT2D eigenvalue weighted by Crippen LogP contribution is -2.19. The summed E-state index contributed by atoms with van der Waals surface area (Å²) < 4.78 is 1.54. The van der Waals surface area contributed by atoms with E-state index in [9.17, 15) is 4.79 Å². The summed E-state index contributed by atoms with van der Waals surface area (Å²) in [4.78, 5) is 11.8. The number of anilines is 2. The van der Waals surface area contributed by atoms with Gasteiger partial charge in [0.15, 0.2) is 0 Å². The molecule has 2 amide bonds. The number of carbonyl (C=O) groups is 1. The first-order valence-corrected chi connectivity index (χ1v) is 6.44. The van der Waals surface area contributed by atoms with Gasteiger partial charge in [-0.05, 0) is 24.6 Å². The third kappa shape index (κ3) is 3.72. The van der Waals surface area contributed by atoms with Crippen molar-refractivity contribution in [3.05, 3.63) is 41.2 Å². The van der Waals surface area contributed by atoms with Gasteiger partial charge in [-0.3, -0.25) is 4.68 Å². The standard InChI is InChI=1S/C13H15ClN4O2/c1-9-2-3-11(14)12(6-9)17-13(20)16-10-7-15-18(8-10)4-5-19/h2-3,6-8,19H,4-5H2,1H3,(H2,16,17,20). The Hall–Kier alpha value is -2.05. The number of hydrogen-bond acceptors (Lipinski definition) is 3. The third-order valence-corrected chi connectivity index (χ3v) is 2.92. The molecule has 1 heterocycles. The van der Waals surface area contributed by atoms with Gasteiger partial charge in [0.1, 0.15) is 0 Å². The van der Waals surface area contributed by atoms with E-state index in [1.165, 1.54) is 10.9 Å². The second-order valence-electron chi connectivity index (χ2n) is 4.28. The molecule has 2 aromatic rings. The van der Waals surface area contributed by atoms with Gasteiger partial charge in [-0.25, -0.2) is 4.79 Å². The average Bonchev–Trinajstić information content (AvgIpc) is 2.81. The molecule has 0 unspecified atom stereocenters. The largest absolute Gasteiger partial charge is 0.394 e. The van der Waals surface area contributed by atoms with Crippen molar-refractivity contribution in [2.24, 2.45) is 0 Å². The molecule has 0 aliphatic rings. The van der Waals surface area contributed by atoms with Gasteiger partial charge in [0.2, 0.25) is 0 Å². The van der Waals surface area contributed by atoms with Crippen molar-refractivity contribution in [2.75, 3.05) is 17.2 Å². The molecule has 106 valence electrons. The molecule has 1 aromatic carbocycles. The number of amides is 2. The zero-order chi connectivity index (χ0) is 14.5. The lowest BCUT2D eigenvalue weighted by molar-refractivity contribution is 0.262. The third-order valence-electron chi connectivity index (χ3n) is 2.59. The Morgan fingerprint density at radius 3 is 3.00 bits per heavy atom. The fraction of sp³-hybridized carbons (Fsp3) is 0.231. The lowest BCUT2D eigenvalue weighted by Gasteiger charge is -2.08. The molecule has 0 radical (unpaired) electrons. The van der Waals surface area contributed by atoms with Crippen LogP contribution in [0.3, 0.4) is 0 Å².